The molecule has 0 amide bonds. The fourth-order valence-electron chi connectivity index (χ4n) is 2.28. The Hall–Kier alpha value is -1.29. The normalized spacial score (nSPS) is 16.9. The molecule has 0 saturated heterocycles. The van der Waals surface area contributed by atoms with Crippen LogP contribution in [0.1, 0.15) is 44.5 Å². The van der Waals surface area contributed by atoms with E-state index in [1.54, 1.807) is 6.07 Å². The van der Waals surface area contributed by atoms with Crippen molar-refractivity contribution in [3.8, 4) is 11.5 Å². The third-order valence-corrected chi connectivity index (χ3v) is 3.08. The molecule has 0 aliphatic carbocycles. The highest BCUT2D eigenvalue weighted by Crippen LogP contribution is 2.37. The molecule has 19 heavy (non-hydrogen) atoms. The van der Waals surface area contributed by atoms with E-state index in [0.717, 1.165) is 12.0 Å². The molecule has 0 saturated carbocycles. The van der Waals surface area contributed by atoms with Gasteiger partial charge in [0.15, 0.2) is 11.5 Å². The van der Waals surface area contributed by atoms with Crippen molar-refractivity contribution in [2.75, 3.05) is 13.2 Å². The second kappa shape index (κ2) is 5.37. The van der Waals surface area contributed by atoms with Gasteiger partial charge in [0.1, 0.15) is 6.17 Å². The number of alkyl halides is 1. The number of hydrogen-bond donors (Lipinski definition) is 1. The van der Waals surface area contributed by atoms with E-state index < -0.39 is 6.17 Å². The Labute approximate surface area is 113 Å². The molecule has 2 rings (SSSR count). The Bertz CT molecular complexity index is 452. The van der Waals surface area contributed by atoms with Gasteiger partial charge in [-0.25, -0.2) is 4.39 Å². The summed E-state index contributed by atoms with van der Waals surface area (Å²) in [7, 11) is 0. The third kappa shape index (κ3) is 3.60. The van der Waals surface area contributed by atoms with Crippen molar-refractivity contribution in [2.24, 2.45) is 5.73 Å². The van der Waals surface area contributed by atoms with E-state index in [1.165, 1.54) is 6.92 Å². The van der Waals surface area contributed by atoms with Crippen LogP contribution in [0.3, 0.4) is 0 Å². The quantitative estimate of drug-likeness (QED) is 0.915. The molecule has 1 aromatic rings. The smallest absolute Gasteiger partial charge is 0.161 e. The van der Waals surface area contributed by atoms with Crippen LogP contribution in [0.2, 0.25) is 0 Å². The van der Waals surface area contributed by atoms with Crippen molar-refractivity contribution in [3.63, 3.8) is 0 Å². The molecule has 1 heterocycles. The van der Waals surface area contributed by atoms with E-state index in [0.29, 0.717) is 36.7 Å². The zero-order chi connectivity index (χ0) is 14.0. The van der Waals surface area contributed by atoms with Crippen molar-refractivity contribution in [2.45, 2.75) is 45.3 Å². The number of hydrogen-bond acceptors (Lipinski definition) is 3. The average molecular weight is 267 g/mol. The lowest BCUT2D eigenvalue weighted by atomic mass is 9.91. The molecular weight excluding hydrogens is 245 g/mol. The van der Waals surface area contributed by atoms with Crippen LogP contribution < -0.4 is 15.2 Å². The van der Waals surface area contributed by atoms with Gasteiger partial charge >= 0.3 is 0 Å². The predicted molar refractivity (Wildman–Crippen MR) is 73.5 cm³/mol. The molecule has 2 N–H and O–H groups in total. The number of fused-ring (bicyclic) bond motifs is 1. The molecule has 4 heteroatoms. The Morgan fingerprint density at radius 1 is 1.26 bits per heavy atom. The number of nitrogens with two attached hydrogens (primary N) is 1. The minimum absolute atomic E-state index is 0.385. The van der Waals surface area contributed by atoms with Gasteiger partial charge in [-0.2, -0.15) is 0 Å². The van der Waals surface area contributed by atoms with Gasteiger partial charge in [0.05, 0.1) is 13.2 Å². The Balaban J connectivity index is 2.42. The van der Waals surface area contributed by atoms with Crippen LogP contribution in [-0.4, -0.2) is 18.8 Å². The van der Waals surface area contributed by atoms with E-state index in [9.17, 15) is 4.39 Å². The lowest BCUT2D eigenvalue weighted by molar-refractivity contribution is 0.296. The Morgan fingerprint density at radius 3 is 2.37 bits per heavy atom. The largest absolute Gasteiger partial charge is 0.490 e. The van der Waals surface area contributed by atoms with Crippen molar-refractivity contribution < 1.29 is 13.9 Å². The maximum atomic E-state index is 13.8. The highest BCUT2D eigenvalue weighted by Gasteiger charge is 2.21. The highest BCUT2D eigenvalue weighted by atomic mass is 19.1. The Kier molecular flexibility index (Phi) is 3.99. The summed E-state index contributed by atoms with van der Waals surface area (Å²) in [5.41, 5.74) is 7.20. The summed E-state index contributed by atoms with van der Waals surface area (Å²) in [5, 5.41) is 0. The van der Waals surface area contributed by atoms with E-state index >= 15 is 0 Å². The monoisotopic (exact) mass is 267 g/mol. The van der Waals surface area contributed by atoms with Crippen LogP contribution in [0.5, 0.6) is 11.5 Å². The minimum atomic E-state index is -1.05. The maximum Gasteiger partial charge on any atom is 0.161 e. The number of benzene rings is 1. The molecule has 1 unspecified atom stereocenters. The fourth-order valence-corrected chi connectivity index (χ4v) is 2.28. The second-order valence-electron chi connectivity index (χ2n) is 5.83. The van der Waals surface area contributed by atoms with E-state index in [2.05, 4.69) is 0 Å². The molecule has 0 bridgehead atoms. The topological polar surface area (TPSA) is 44.5 Å². The molecule has 3 nitrogen and oxygen atoms in total. The van der Waals surface area contributed by atoms with Gasteiger partial charge in [0.2, 0.25) is 0 Å². The molecule has 0 fully saturated rings. The zero-order valence-electron chi connectivity index (χ0n) is 11.8. The van der Waals surface area contributed by atoms with E-state index in [4.69, 9.17) is 15.2 Å². The molecule has 1 aliphatic rings. The van der Waals surface area contributed by atoms with Crippen LogP contribution >= 0.6 is 0 Å². The number of halogens is 1. The van der Waals surface area contributed by atoms with Crippen molar-refractivity contribution in [1.29, 1.82) is 0 Å². The summed E-state index contributed by atoms with van der Waals surface area (Å²) >= 11 is 0. The molecule has 1 aromatic carbocycles. The third-order valence-electron chi connectivity index (χ3n) is 3.08. The van der Waals surface area contributed by atoms with Gasteiger partial charge in [0.25, 0.3) is 0 Å². The highest BCUT2D eigenvalue weighted by molar-refractivity contribution is 5.49. The summed E-state index contributed by atoms with van der Waals surface area (Å²) < 4.78 is 25.1. The first kappa shape index (κ1) is 14.1. The summed E-state index contributed by atoms with van der Waals surface area (Å²) in [6.45, 7) is 6.63. The van der Waals surface area contributed by atoms with Gasteiger partial charge in [-0.3, -0.25) is 0 Å². The van der Waals surface area contributed by atoms with Gasteiger partial charge < -0.3 is 15.2 Å². The number of ether oxygens (including phenoxy) is 2. The zero-order valence-corrected chi connectivity index (χ0v) is 11.8. The van der Waals surface area contributed by atoms with Crippen LogP contribution in [0.15, 0.2) is 12.1 Å². The molecule has 0 aromatic heterocycles. The minimum Gasteiger partial charge on any atom is -0.490 e. The van der Waals surface area contributed by atoms with E-state index in [-0.39, 0.29) is 5.54 Å². The molecular formula is C15H22FNO2. The maximum absolute atomic E-state index is 13.8. The molecule has 1 aliphatic heterocycles. The van der Waals surface area contributed by atoms with Crippen LogP contribution in [0, 0.1) is 0 Å². The van der Waals surface area contributed by atoms with Crippen LogP contribution in [-0.2, 0) is 6.42 Å². The Morgan fingerprint density at radius 2 is 1.84 bits per heavy atom. The predicted octanol–water partition coefficient (Wildman–Crippen LogP) is 3.16. The molecule has 0 spiro atoms. The van der Waals surface area contributed by atoms with Crippen molar-refractivity contribution in [3.05, 3.63) is 23.3 Å². The second-order valence-corrected chi connectivity index (χ2v) is 5.83. The van der Waals surface area contributed by atoms with Crippen molar-refractivity contribution >= 4 is 0 Å². The summed E-state index contributed by atoms with van der Waals surface area (Å²) in [6, 6.07) is 3.63. The van der Waals surface area contributed by atoms with Gasteiger partial charge in [0, 0.05) is 12.0 Å². The summed E-state index contributed by atoms with van der Waals surface area (Å²) in [4.78, 5) is 0. The van der Waals surface area contributed by atoms with Gasteiger partial charge in [-0.15, -0.1) is 0 Å². The molecule has 0 radical (unpaired) electrons. The van der Waals surface area contributed by atoms with Gasteiger partial charge in [-0.05, 0) is 50.5 Å². The number of rotatable bonds is 3. The molecule has 106 valence electrons. The van der Waals surface area contributed by atoms with E-state index in [1.807, 2.05) is 19.9 Å². The SMILES string of the molecule is CC(F)c1cc2c(cc1CC(C)(C)N)OCCCO2. The summed E-state index contributed by atoms with van der Waals surface area (Å²) in [6.07, 6.45) is 0.398. The summed E-state index contributed by atoms with van der Waals surface area (Å²) in [5.74, 6) is 1.33. The lowest BCUT2D eigenvalue weighted by Crippen LogP contribution is -2.34. The van der Waals surface area contributed by atoms with Crippen LogP contribution in [0.25, 0.3) is 0 Å². The van der Waals surface area contributed by atoms with Gasteiger partial charge in [-0.1, -0.05) is 0 Å². The van der Waals surface area contributed by atoms with Crippen LogP contribution in [0.4, 0.5) is 4.39 Å². The standard InChI is InChI=1S/C15H22FNO2/c1-10(16)12-8-14-13(18-5-4-6-19-14)7-11(12)9-15(2,3)17/h7-8,10H,4-6,9,17H2,1-3H3. The molecule has 1 atom stereocenters. The average Bonchev–Trinajstić information content (AvgIpc) is 2.50. The first-order valence-corrected chi connectivity index (χ1v) is 6.72. The first-order valence-electron chi connectivity index (χ1n) is 6.72. The van der Waals surface area contributed by atoms with Crippen molar-refractivity contribution in [1.82, 2.24) is 0 Å². The fraction of sp³-hybridized carbons (Fsp3) is 0.600. The lowest BCUT2D eigenvalue weighted by Gasteiger charge is -2.22. The first-order chi connectivity index (χ1) is 8.87.